The molecule has 0 saturated carbocycles. The molecule has 3 aromatic carbocycles. The average molecular weight is 385 g/mol. The number of benzene rings is 3. The van der Waals surface area contributed by atoms with Crippen molar-refractivity contribution in [1.29, 1.82) is 0 Å². The Labute approximate surface area is 170 Å². The normalized spacial score (nSPS) is 17.9. The second kappa shape index (κ2) is 7.55. The molecule has 1 unspecified atom stereocenters. The van der Waals surface area contributed by atoms with Crippen molar-refractivity contribution in [1.82, 2.24) is 0 Å². The van der Waals surface area contributed by atoms with Crippen LogP contribution in [0.5, 0.6) is 0 Å². The van der Waals surface area contributed by atoms with Gasteiger partial charge in [-0.2, -0.15) is 0 Å². The smallest absolute Gasteiger partial charge is 0.304 e. The molecular weight excluding hydrogens is 362 g/mol. The Bertz CT molecular complexity index is 1050. The maximum absolute atomic E-state index is 13.8. The fraction of sp³-hybridized carbons (Fsp3) is 0.200. The summed E-state index contributed by atoms with van der Waals surface area (Å²) in [4.78, 5) is 27.6. The maximum atomic E-state index is 13.8. The summed E-state index contributed by atoms with van der Waals surface area (Å²) < 4.78 is 5.83. The zero-order valence-electron chi connectivity index (χ0n) is 16.6. The molecular formula is C25H23NO3. The van der Waals surface area contributed by atoms with Gasteiger partial charge in [-0.1, -0.05) is 72.3 Å². The number of aryl methyl sites for hydroxylation is 1. The van der Waals surface area contributed by atoms with E-state index in [0.717, 1.165) is 27.9 Å². The van der Waals surface area contributed by atoms with Gasteiger partial charge >= 0.3 is 5.97 Å². The van der Waals surface area contributed by atoms with Gasteiger partial charge < -0.3 is 9.64 Å². The van der Waals surface area contributed by atoms with Crippen LogP contribution in [0.2, 0.25) is 0 Å². The molecule has 0 aliphatic carbocycles. The molecule has 4 rings (SSSR count). The van der Waals surface area contributed by atoms with Crippen LogP contribution in [0.3, 0.4) is 0 Å². The van der Waals surface area contributed by atoms with E-state index in [1.807, 2.05) is 85.8 Å². The molecule has 146 valence electrons. The van der Waals surface area contributed by atoms with Gasteiger partial charge in [0.1, 0.15) is 0 Å². The lowest BCUT2D eigenvalue weighted by molar-refractivity contribution is -0.165. The quantitative estimate of drug-likeness (QED) is 0.606. The third kappa shape index (κ3) is 3.54. The fourth-order valence-corrected chi connectivity index (χ4v) is 4.01. The SMILES string of the molecule is CC(=O)OC1(Cc2ccccc2)C(=O)N(Cc2ccccc2)c2ccc(C)cc21. The zero-order valence-corrected chi connectivity index (χ0v) is 16.6. The summed E-state index contributed by atoms with van der Waals surface area (Å²) in [5, 5.41) is 0. The summed E-state index contributed by atoms with van der Waals surface area (Å²) in [6.45, 7) is 3.76. The van der Waals surface area contributed by atoms with Crippen LogP contribution in [0.25, 0.3) is 0 Å². The molecule has 0 aromatic heterocycles. The predicted molar refractivity (Wildman–Crippen MR) is 112 cm³/mol. The first-order valence-corrected chi connectivity index (χ1v) is 9.70. The molecule has 4 heteroatoms. The first-order valence-electron chi connectivity index (χ1n) is 9.70. The van der Waals surface area contributed by atoms with Crippen molar-refractivity contribution >= 4 is 17.6 Å². The third-order valence-electron chi connectivity index (χ3n) is 5.27. The van der Waals surface area contributed by atoms with Crippen LogP contribution < -0.4 is 4.90 Å². The highest BCUT2D eigenvalue weighted by atomic mass is 16.6. The highest BCUT2D eigenvalue weighted by molar-refractivity contribution is 6.08. The van der Waals surface area contributed by atoms with E-state index in [1.54, 1.807) is 4.90 Å². The van der Waals surface area contributed by atoms with Crippen molar-refractivity contribution in [2.75, 3.05) is 4.90 Å². The number of carbonyl (C=O) groups is 2. The Morgan fingerprint density at radius 3 is 2.17 bits per heavy atom. The number of ether oxygens (including phenoxy) is 1. The van der Waals surface area contributed by atoms with Gasteiger partial charge in [-0.25, -0.2) is 0 Å². The number of fused-ring (bicyclic) bond motifs is 1. The van der Waals surface area contributed by atoms with Gasteiger partial charge in [0.05, 0.1) is 12.2 Å². The van der Waals surface area contributed by atoms with Crippen LogP contribution in [0.4, 0.5) is 5.69 Å². The molecule has 3 aromatic rings. The predicted octanol–water partition coefficient (Wildman–Crippen LogP) is 4.54. The molecule has 0 saturated heterocycles. The largest absolute Gasteiger partial charge is 0.444 e. The van der Waals surface area contributed by atoms with Crippen molar-refractivity contribution in [2.24, 2.45) is 0 Å². The van der Waals surface area contributed by atoms with Gasteiger partial charge in [-0.05, 0) is 30.2 Å². The monoisotopic (exact) mass is 385 g/mol. The number of esters is 1. The molecule has 29 heavy (non-hydrogen) atoms. The van der Waals surface area contributed by atoms with Crippen LogP contribution in [-0.4, -0.2) is 11.9 Å². The van der Waals surface area contributed by atoms with Crippen LogP contribution in [0, 0.1) is 6.92 Å². The Balaban J connectivity index is 1.84. The number of hydrogen-bond donors (Lipinski definition) is 0. The number of carbonyl (C=O) groups excluding carboxylic acids is 2. The van der Waals surface area contributed by atoms with Gasteiger partial charge in [0, 0.05) is 18.9 Å². The topological polar surface area (TPSA) is 46.6 Å². The molecule has 4 nitrogen and oxygen atoms in total. The Kier molecular flexibility index (Phi) is 4.93. The van der Waals surface area contributed by atoms with E-state index >= 15 is 0 Å². The number of hydrogen-bond acceptors (Lipinski definition) is 3. The summed E-state index contributed by atoms with van der Waals surface area (Å²) in [7, 11) is 0. The summed E-state index contributed by atoms with van der Waals surface area (Å²) in [6, 6.07) is 25.4. The number of amides is 1. The lowest BCUT2D eigenvalue weighted by Gasteiger charge is -2.28. The first kappa shape index (κ1) is 18.9. The number of nitrogens with zero attached hydrogens (tertiary/aromatic N) is 1. The van der Waals surface area contributed by atoms with Gasteiger partial charge in [-0.3, -0.25) is 9.59 Å². The van der Waals surface area contributed by atoms with Crippen LogP contribution >= 0.6 is 0 Å². The van der Waals surface area contributed by atoms with Crippen molar-refractivity contribution in [3.63, 3.8) is 0 Å². The summed E-state index contributed by atoms with van der Waals surface area (Å²) in [5.41, 5.74) is 3.16. The highest BCUT2D eigenvalue weighted by Gasteiger charge is 2.54. The molecule has 0 radical (unpaired) electrons. The molecule has 0 N–H and O–H groups in total. The molecule has 0 fully saturated rings. The van der Waals surface area contributed by atoms with E-state index in [2.05, 4.69) is 0 Å². The van der Waals surface area contributed by atoms with Gasteiger partial charge in [0.2, 0.25) is 5.60 Å². The van der Waals surface area contributed by atoms with Crippen molar-refractivity contribution in [2.45, 2.75) is 32.4 Å². The lowest BCUT2D eigenvalue weighted by Crippen LogP contribution is -2.45. The molecule has 1 aliphatic rings. The highest BCUT2D eigenvalue weighted by Crippen LogP contribution is 2.46. The minimum Gasteiger partial charge on any atom is -0.444 e. The maximum Gasteiger partial charge on any atom is 0.304 e. The first-order chi connectivity index (χ1) is 14.0. The molecule has 0 bridgehead atoms. The third-order valence-corrected chi connectivity index (χ3v) is 5.27. The van der Waals surface area contributed by atoms with Gasteiger partial charge in [-0.15, -0.1) is 0 Å². The zero-order chi connectivity index (χ0) is 20.4. The molecule has 1 heterocycles. The summed E-state index contributed by atoms with van der Waals surface area (Å²) >= 11 is 0. The van der Waals surface area contributed by atoms with Crippen LogP contribution in [0.1, 0.15) is 29.2 Å². The second-order valence-electron chi connectivity index (χ2n) is 7.48. The summed E-state index contributed by atoms with van der Waals surface area (Å²) in [5.74, 6) is -0.677. The molecule has 1 aliphatic heterocycles. The van der Waals surface area contributed by atoms with Crippen molar-refractivity contribution in [3.05, 3.63) is 101 Å². The minimum absolute atomic E-state index is 0.207. The molecule has 0 spiro atoms. The fourth-order valence-electron chi connectivity index (χ4n) is 4.01. The summed E-state index contributed by atoms with van der Waals surface area (Å²) in [6.07, 6.45) is 0.300. The second-order valence-corrected chi connectivity index (χ2v) is 7.48. The van der Waals surface area contributed by atoms with E-state index in [4.69, 9.17) is 4.74 Å². The Hall–Kier alpha value is -3.40. The average Bonchev–Trinajstić information content (AvgIpc) is 2.91. The van der Waals surface area contributed by atoms with Crippen molar-refractivity contribution < 1.29 is 14.3 Å². The van der Waals surface area contributed by atoms with Gasteiger partial charge in [0.25, 0.3) is 5.91 Å². The molecule has 1 atom stereocenters. The Morgan fingerprint density at radius 1 is 0.931 bits per heavy atom. The minimum atomic E-state index is -1.36. The van der Waals surface area contributed by atoms with E-state index in [9.17, 15) is 9.59 Å². The Morgan fingerprint density at radius 2 is 1.55 bits per heavy atom. The van der Waals surface area contributed by atoms with E-state index < -0.39 is 11.6 Å². The van der Waals surface area contributed by atoms with E-state index in [0.29, 0.717) is 13.0 Å². The molecule has 1 amide bonds. The number of anilines is 1. The van der Waals surface area contributed by atoms with Crippen LogP contribution in [-0.2, 0) is 32.9 Å². The number of rotatable bonds is 5. The standard InChI is InChI=1S/C25H23NO3/c1-18-13-14-23-22(15-18)25(29-19(2)27,16-20-9-5-3-6-10-20)24(28)26(23)17-21-11-7-4-8-12-21/h3-15H,16-17H2,1-2H3. The van der Waals surface area contributed by atoms with Gasteiger partial charge in [0.15, 0.2) is 0 Å². The van der Waals surface area contributed by atoms with E-state index in [1.165, 1.54) is 6.92 Å². The van der Waals surface area contributed by atoms with Crippen molar-refractivity contribution in [3.8, 4) is 0 Å². The van der Waals surface area contributed by atoms with Crippen LogP contribution in [0.15, 0.2) is 78.9 Å². The van der Waals surface area contributed by atoms with E-state index in [-0.39, 0.29) is 5.91 Å². The lowest BCUT2D eigenvalue weighted by atomic mass is 9.87.